The molecule has 104 valence electrons. The molecule has 5 heteroatoms. The fourth-order valence-electron chi connectivity index (χ4n) is 2.99. The van der Waals surface area contributed by atoms with Crippen LogP contribution in [0.1, 0.15) is 25.7 Å². The molecule has 0 aromatic rings. The Labute approximate surface area is 115 Å². The van der Waals surface area contributed by atoms with Crippen molar-refractivity contribution < 1.29 is 4.79 Å². The van der Waals surface area contributed by atoms with Crippen LogP contribution in [0.25, 0.3) is 0 Å². The molecule has 2 heterocycles. The maximum atomic E-state index is 12.0. The fourth-order valence-corrected chi connectivity index (χ4v) is 2.99. The van der Waals surface area contributed by atoms with E-state index in [-0.39, 0.29) is 12.4 Å². The zero-order valence-electron chi connectivity index (χ0n) is 10.9. The van der Waals surface area contributed by atoms with Crippen molar-refractivity contribution in [1.29, 1.82) is 0 Å². The molecule has 1 aliphatic carbocycles. The molecule has 0 radical (unpaired) electrons. The maximum Gasteiger partial charge on any atom is 0.222 e. The van der Waals surface area contributed by atoms with Gasteiger partial charge in [0.2, 0.25) is 5.91 Å². The van der Waals surface area contributed by atoms with Crippen LogP contribution in [0, 0.1) is 5.92 Å². The van der Waals surface area contributed by atoms with Crippen molar-refractivity contribution in [2.45, 2.75) is 31.7 Å². The van der Waals surface area contributed by atoms with Gasteiger partial charge in [0, 0.05) is 45.2 Å². The summed E-state index contributed by atoms with van der Waals surface area (Å²) in [5, 5.41) is 3.42. The Morgan fingerprint density at radius 2 is 1.83 bits per heavy atom. The van der Waals surface area contributed by atoms with E-state index in [4.69, 9.17) is 0 Å². The molecule has 0 aromatic heterocycles. The van der Waals surface area contributed by atoms with Crippen LogP contribution in [0.5, 0.6) is 0 Å². The summed E-state index contributed by atoms with van der Waals surface area (Å²) in [5.41, 5.74) is 0. The standard InChI is InChI=1S/C13H23N3O.ClH/c17-13(9-11-1-2-11)16-7-5-15(6-8-16)12-3-4-14-10-12;/h11-12,14H,1-10H2;1H. The molecule has 2 saturated heterocycles. The number of rotatable bonds is 3. The number of hydrogen-bond donors (Lipinski definition) is 1. The lowest BCUT2D eigenvalue weighted by Crippen LogP contribution is -2.52. The molecule has 1 N–H and O–H groups in total. The second kappa shape index (κ2) is 6.22. The van der Waals surface area contributed by atoms with Gasteiger partial charge >= 0.3 is 0 Å². The molecule has 0 aromatic carbocycles. The highest BCUT2D eigenvalue weighted by atomic mass is 35.5. The van der Waals surface area contributed by atoms with Crippen LogP contribution in [0.2, 0.25) is 0 Å². The van der Waals surface area contributed by atoms with E-state index in [1.807, 2.05) is 0 Å². The van der Waals surface area contributed by atoms with Crippen molar-refractivity contribution in [3.63, 3.8) is 0 Å². The van der Waals surface area contributed by atoms with E-state index < -0.39 is 0 Å². The predicted octanol–water partition coefficient (Wildman–Crippen LogP) is 0.714. The minimum atomic E-state index is 0. The van der Waals surface area contributed by atoms with Crippen LogP contribution in [0.3, 0.4) is 0 Å². The van der Waals surface area contributed by atoms with Gasteiger partial charge in [-0.05, 0) is 31.7 Å². The summed E-state index contributed by atoms with van der Waals surface area (Å²) in [7, 11) is 0. The van der Waals surface area contributed by atoms with Crippen molar-refractivity contribution in [3.8, 4) is 0 Å². The van der Waals surface area contributed by atoms with Gasteiger partial charge in [-0.2, -0.15) is 0 Å². The van der Waals surface area contributed by atoms with Crippen molar-refractivity contribution >= 4 is 18.3 Å². The van der Waals surface area contributed by atoms with Crippen LogP contribution in [-0.2, 0) is 4.79 Å². The number of nitrogens with zero attached hydrogens (tertiary/aromatic N) is 2. The van der Waals surface area contributed by atoms with Crippen LogP contribution in [0.4, 0.5) is 0 Å². The summed E-state index contributed by atoms with van der Waals surface area (Å²) in [4.78, 5) is 16.6. The highest BCUT2D eigenvalue weighted by Crippen LogP contribution is 2.33. The molecular formula is C13H24ClN3O. The third-order valence-corrected chi connectivity index (χ3v) is 4.38. The second-order valence-corrected chi connectivity index (χ2v) is 5.71. The first-order valence-electron chi connectivity index (χ1n) is 7.05. The molecule has 3 rings (SSSR count). The average molecular weight is 274 g/mol. The molecule has 2 aliphatic heterocycles. The summed E-state index contributed by atoms with van der Waals surface area (Å²) in [5.74, 6) is 1.12. The first-order valence-corrected chi connectivity index (χ1v) is 7.05. The predicted molar refractivity (Wildman–Crippen MR) is 74.0 cm³/mol. The summed E-state index contributed by atoms with van der Waals surface area (Å²) < 4.78 is 0. The molecule has 1 saturated carbocycles. The second-order valence-electron chi connectivity index (χ2n) is 5.71. The average Bonchev–Trinajstić information content (AvgIpc) is 3.00. The number of halogens is 1. The van der Waals surface area contributed by atoms with E-state index in [0.717, 1.165) is 57.6 Å². The number of piperazine rings is 1. The molecular weight excluding hydrogens is 250 g/mol. The Bertz CT molecular complexity index is 282. The summed E-state index contributed by atoms with van der Waals surface area (Å²) in [6, 6.07) is 0.718. The number of amides is 1. The lowest BCUT2D eigenvalue weighted by Gasteiger charge is -2.37. The van der Waals surface area contributed by atoms with E-state index in [0.29, 0.717) is 5.91 Å². The molecule has 0 spiro atoms. The molecule has 3 fully saturated rings. The zero-order chi connectivity index (χ0) is 11.7. The molecule has 18 heavy (non-hydrogen) atoms. The highest BCUT2D eigenvalue weighted by molar-refractivity contribution is 5.85. The zero-order valence-corrected chi connectivity index (χ0v) is 11.8. The Hall–Kier alpha value is -0.320. The van der Waals surface area contributed by atoms with Gasteiger partial charge in [-0.1, -0.05) is 0 Å². The Morgan fingerprint density at radius 3 is 2.39 bits per heavy atom. The summed E-state index contributed by atoms with van der Waals surface area (Å²) in [6.07, 6.45) is 4.64. The van der Waals surface area contributed by atoms with Crippen molar-refractivity contribution in [1.82, 2.24) is 15.1 Å². The Morgan fingerprint density at radius 1 is 1.11 bits per heavy atom. The van der Waals surface area contributed by atoms with E-state index >= 15 is 0 Å². The van der Waals surface area contributed by atoms with Gasteiger partial charge in [0.1, 0.15) is 0 Å². The third kappa shape index (κ3) is 3.37. The fraction of sp³-hybridized carbons (Fsp3) is 0.923. The first kappa shape index (κ1) is 14.1. The van der Waals surface area contributed by atoms with Gasteiger partial charge in [0.05, 0.1) is 0 Å². The third-order valence-electron chi connectivity index (χ3n) is 4.38. The van der Waals surface area contributed by atoms with E-state index in [2.05, 4.69) is 15.1 Å². The number of carbonyl (C=O) groups is 1. The van der Waals surface area contributed by atoms with Gasteiger partial charge in [0.25, 0.3) is 0 Å². The summed E-state index contributed by atoms with van der Waals surface area (Å²) in [6.45, 7) is 6.33. The quantitative estimate of drug-likeness (QED) is 0.823. The largest absolute Gasteiger partial charge is 0.340 e. The van der Waals surface area contributed by atoms with Crippen molar-refractivity contribution in [2.75, 3.05) is 39.3 Å². The molecule has 1 unspecified atom stereocenters. The van der Waals surface area contributed by atoms with Gasteiger partial charge < -0.3 is 10.2 Å². The van der Waals surface area contributed by atoms with Gasteiger partial charge in [-0.3, -0.25) is 9.69 Å². The monoisotopic (exact) mass is 273 g/mol. The lowest BCUT2D eigenvalue weighted by molar-refractivity contribution is -0.133. The highest BCUT2D eigenvalue weighted by Gasteiger charge is 2.30. The Kier molecular flexibility index (Phi) is 4.87. The van der Waals surface area contributed by atoms with Gasteiger partial charge in [0.15, 0.2) is 0 Å². The van der Waals surface area contributed by atoms with Crippen LogP contribution < -0.4 is 5.32 Å². The van der Waals surface area contributed by atoms with Crippen LogP contribution in [-0.4, -0.2) is 61.0 Å². The van der Waals surface area contributed by atoms with Gasteiger partial charge in [-0.25, -0.2) is 0 Å². The molecule has 3 aliphatic rings. The number of carbonyl (C=O) groups excluding carboxylic acids is 1. The number of hydrogen-bond acceptors (Lipinski definition) is 3. The minimum Gasteiger partial charge on any atom is -0.340 e. The minimum absolute atomic E-state index is 0. The SMILES string of the molecule is Cl.O=C(CC1CC1)N1CCN(C2CCNC2)CC1. The van der Waals surface area contributed by atoms with Crippen LogP contribution >= 0.6 is 12.4 Å². The molecule has 1 atom stereocenters. The van der Waals surface area contributed by atoms with Gasteiger partial charge in [-0.15, -0.1) is 12.4 Å². The normalized spacial score (nSPS) is 29.1. The van der Waals surface area contributed by atoms with E-state index in [1.165, 1.54) is 19.3 Å². The summed E-state index contributed by atoms with van der Waals surface area (Å²) >= 11 is 0. The smallest absolute Gasteiger partial charge is 0.222 e. The maximum absolute atomic E-state index is 12.0. The Balaban J connectivity index is 0.00000120. The lowest BCUT2D eigenvalue weighted by atomic mass is 10.1. The van der Waals surface area contributed by atoms with Crippen molar-refractivity contribution in [3.05, 3.63) is 0 Å². The molecule has 4 nitrogen and oxygen atoms in total. The molecule has 0 bridgehead atoms. The van der Waals surface area contributed by atoms with Crippen LogP contribution in [0.15, 0.2) is 0 Å². The van der Waals surface area contributed by atoms with E-state index in [1.54, 1.807) is 0 Å². The van der Waals surface area contributed by atoms with E-state index in [9.17, 15) is 4.79 Å². The number of nitrogens with one attached hydrogen (secondary N) is 1. The van der Waals surface area contributed by atoms with Crippen molar-refractivity contribution in [2.24, 2.45) is 5.92 Å². The topological polar surface area (TPSA) is 35.6 Å². The molecule has 1 amide bonds. The first-order chi connectivity index (χ1) is 8.33.